The van der Waals surface area contributed by atoms with Gasteiger partial charge in [0.05, 0.1) is 0 Å². The third kappa shape index (κ3) is 57.7. The van der Waals surface area contributed by atoms with Gasteiger partial charge >= 0.3 is 17.9 Å². The normalized spacial score (nSPS) is 12.5. The van der Waals surface area contributed by atoms with Crippen molar-refractivity contribution in [1.29, 1.82) is 0 Å². The van der Waals surface area contributed by atoms with Gasteiger partial charge in [0.15, 0.2) is 6.10 Å². The van der Waals surface area contributed by atoms with Gasteiger partial charge in [-0.15, -0.1) is 0 Å². The van der Waals surface area contributed by atoms with Gasteiger partial charge in [-0.25, -0.2) is 0 Å². The van der Waals surface area contributed by atoms with Crippen molar-refractivity contribution in [2.24, 2.45) is 0 Å². The highest BCUT2D eigenvalue weighted by atomic mass is 16.6. The first-order valence-electron chi connectivity index (χ1n) is 30.9. The molecule has 0 bridgehead atoms. The monoisotopic (exact) mass is 1000 g/mol. The second-order valence-corrected chi connectivity index (χ2v) is 20.6. The second kappa shape index (κ2) is 60.4. The van der Waals surface area contributed by atoms with E-state index in [4.69, 9.17) is 14.2 Å². The predicted molar refractivity (Wildman–Crippen MR) is 311 cm³/mol. The third-order valence-electron chi connectivity index (χ3n) is 13.5. The van der Waals surface area contributed by atoms with Crippen LogP contribution in [0.15, 0.2) is 72.9 Å². The Morgan fingerprint density at radius 2 is 0.542 bits per heavy atom. The van der Waals surface area contributed by atoms with Crippen molar-refractivity contribution < 1.29 is 28.6 Å². The molecule has 0 radical (unpaired) electrons. The standard InChI is InChI=1S/C66H116O6/c1-4-7-10-13-16-18-20-22-24-26-28-30-32-33-34-36-37-39-41-43-45-47-50-53-56-59-65(68)71-62-63(61-70-64(67)58-55-52-49-15-12-9-6-3)72-66(69)60-57-54-51-48-46-44-42-40-38-35-31-29-27-25-23-21-19-17-14-11-8-5-2/h7,10,16,18,22,24,28,30,33-34,37,39,63H,4-6,8-9,11-15,17,19-21,23,25-27,29,31-32,35-36,38,40-62H2,1-3H3/b10-7-,18-16-,24-22-,30-28-,34-33-,39-37-. The molecule has 0 aliphatic heterocycles. The van der Waals surface area contributed by atoms with Crippen molar-refractivity contribution in [2.45, 2.75) is 316 Å². The summed E-state index contributed by atoms with van der Waals surface area (Å²) in [6.45, 7) is 6.51. The van der Waals surface area contributed by atoms with Gasteiger partial charge in [0, 0.05) is 19.3 Å². The summed E-state index contributed by atoms with van der Waals surface area (Å²) in [6, 6.07) is 0. The molecule has 1 atom stereocenters. The summed E-state index contributed by atoms with van der Waals surface area (Å²) < 4.78 is 16.8. The zero-order valence-electron chi connectivity index (χ0n) is 47.7. The van der Waals surface area contributed by atoms with Gasteiger partial charge in [-0.3, -0.25) is 14.4 Å². The molecule has 72 heavy (non-hydrogen) atoms. The molecule has 0 aliphatic carbocycles. The van der Waals surface area contributed by atoms with Crippen molar-refractivity contribution in [2.75, 3.05) is 13.2 Å². The van der Waals surface area contributed by atoms with Crippen LogP contribution in [0.3, 0.4) is 0 Å². The Bertz CT molecular complexity index is 1340. The van der Waals surface area contributed by atoms with E-state index < -0.39 is 6.10 Å². The number of hydrogen-bond donors (Lipinski definition) is 0. The van der Waals surface area contributed by atoms with Crippen molar-refractivity contribution in [3.05, 3.63) is 72.9 Å². The molecular weight excluding hydrogens is 889 g/mol. The van der Waals surface area contributed by atoms with E-state index in [9.17, 15) is 14.4 Å². The molecule has 0 saturated carbocycles. The maximum absolute atomic E-state index is 12.8. The van der Waals surface area contributed by atoms with Gasteiger partial charge in [-0.05, 0) is 70.6 Å². The summed E-state index contributed by atoms with van der Waals surface area (Å²) in [5, 5.41) is 0. The highest BCUT2D eigenvalue weighted by Crippen LogP contribution is 2.17. The smallest absolute Gasteiger partial charge is 0.306 e. The number of esters is 3. The van der Waals surface area contributed by atoms with E-state index in [1.54, 1.807) is 0 Å². The predicted octanol–water partition coefficient (Wildman–Crippen LogP) is 20.9. The molecule has 416 valence electrons. The summed E-state index contributed by atoms with van der Waals surface area (Å²) >= 11 is 0. The van der Waals surface area contributed by atoms with Gasteiger partial charge in [-0.2, -0.15) is 0 Å². The lowest BCUT2D eigenvalue weighted by Crippen LogP contribution is -2.30. The first-order valence-corrected chi connectivity index (χ1v) is 30.9. The summed E-state index contributed by atoms with van der Waals surface area (Å²) in [4.78, 5) is 38.0. The Morgan fingerprint density at radius 3 is 0.847 bits per heavy atom. The van der Waals surface area contributed by atoms with Crippen LogP contribution in [0.4, 0.5) is 0 Å². The van der Waals surface area contributed by atoms with Crippen molar-refractivity contribution in [3.63, 3.8) is 0 Å². The first-order chi connectivity index (χ1) is 35.5. The zero-order chi connectivity index (χ0) is 52.2. The molecule has 0 fully saturated rings. The van der Waals surface area contributed by atoms with E-state index in [2.05, 4.69) is 93.7 Å². The third-order valence-corrected chi connectivity index (χ3v) is 13.5. The van der Waals surface area contributed by atoms with E-state index >= 15 is 0 Å². The number of carbonyl (C=O) groups is 3. The molecule has 0 saturated heterocycles. The Morgan fingerprint density at radius 1 is 0.292 bits per heavy atom. The molecule has 0 aromatic rings. The lowest BCUT2D eigenvalue weighted by Gasteiger charge is -2.18. The fourth-order valence-electron chi connectivity index (χ4n) is 8.86. The number of unbranched alkanes of at least 4 members (excludes halogenated alkanes) is 33. The fraction of sp³-hybridized carbons (Fsp3) is 0.773. The zero-order valence-corrected chi connectivity index (χ0v) is 47.7. The van der Waals surface area contributed by atoms with Gasteiger partial charge in [0.25, 0.3) is 0 Å². The molecule has 0 N–H and O–H groups in total. The molecule has 1 unspecified atom stereocenters. The van der Waals surface area contributed by atoms with Crippen LogP contribution in [-0.2, 0) is 28.6 Å². The highest BCUT2D eigenvalue weighted by Gasteiger charge is 2.19. The molecule has 0 heterocycles. The molecule has 0 aliphatic rings. The number of ether oxygens (including phenoxy) is 3. The maximum atomic E-state index is 12.8. The van der Waals surface area contributed by atoms with E-state index in [0.29, 0.717) is 19.3 Å². The van der Waals surface area contributed by atoms with Crippen LogP contribution in [0, 0.1) is 0 Å². The molecule has 0 rings (SSSR count). The summed E-state index contributed by atoms with van der Waals surface area (Å²) in [5.74, 6) is -0.885. The largest absolute Gasteiger partial charge is 0.462 e. The van der Waals surface area contributed by atoms with Crippen LogP contribution in [0.25, 0.3) is 0 Å². The molecule has 0 aromatic heterocycles. The minimum Gasteiger partial charge on any atom is -0.462 e. The molecule has 0 amide bonds. The Kier molecular flexibility index (Phi) is 57.8. The summed E-state index contributed by atoms with van der Waals surface area (Å²) in [7, 11) is 0. The van der Waals surface area contributed by atoms with Gasteiger partial charge < -0.3 is 14.2 Å². The first kappa shape index (κ1) is 68.8. The minimum absolute atomic E-state index is 0.0771. The van der Waals surface area contributed by atoms with Crippen LogP contribution in [0.1, 0.15) is 310 Å². The Labute approximate surface area is 446 Å². The number of rotatable bonds is 56. The lowest BCUT2D eigenvalue weighted by atomic mass is 10.0. The molecule has 0 spiro atoms. The van der Waals surface area contributed by atoms with Crippen molar-refractivity contribution in [3.8, 4) is 0 Å². The van der Waals surface area contributed by atoms with Gasteiger partial charge in [0.2, 0.25) is 0 Å². The van der Waals surface area contributed by atoms with Crippen LogP contribution >= 0.6 is 0 Å². The fourth-order valence-corrected chi connectivity index (χ4v) is 8.86. The molecule has 6 nitrogen and oxygen atoms in total. The average molecular weight is 1010 g/mol. The Balaban J connectivity index is 4.18. The van der Waals surface area contributed by atoms with Gasteiger partial charge in [-0.1, -0.05) is 293 Å². The second-order valence-electron chi connectivity index (χ2n) is 20.6. The van der Waals surface area contributed by atoms with Crippen LogP contribution in [0.5, 0.6) is 0 Å². The van der Waals surface area contributed by atoms with Crippen molar-refractivity contribution >= 4 is 17.9 Å². The summed E-state index contributed by atoms with van der Waals surface area (Å²) in [6.07, 6.45) is 77.8. The number of hydrogen-bond acceptors (Lipinski definition) is 6. The van der Waals surface area contributed by atoms with Crippen LogP contribution in [-0.4, -0.2) is 37.2 Å². The lowest BCUT2D eigenvalue weighted by molar-refractivity contribution is -0.167. The maximum Gasteiger partial charge on any atom is 0.306 e. The van der Waals surface area contributed by atoms with E-state index in [1.165, 1.54) is 167 Å². The van der Waals surface area contributed by atoms with E-state index in [0.717, 1.165) is 103 Å². The molecular formula is C66H116O6. The Hall–Kier alpha value is -3.15. The van der Waals surface area contributed by atoms with E-state index in [1.807, 2.05) is 0 Å². The van der Waals surface area contributed by atoms with Crippen molar-refractivity contribution in [1.82, 2.24) is 0 Å². The number of carbonyl (C=O) groups excluding carboxylic acids is 3. The quantitative estimate of drug-likeness (QED) is 0.0261. The number of allylic oxidation sites excluding steroid dienone is 12. The molecule has 6 heteroatoms. The van der Waals surface area contributed by atoms with E-state index in [-0.39, 0.29) is 31.1 Å². The van der Waals surface area contributed by atoms with Crippen LogP contribution in [0.2, 0.25) is 0 Å². The van der Waals surface area contributed by atoms with Crippen LogP contribution < -0.4 is 0 Å². The molecule has 0 aromatic carbocycles. The SMILES string of the molecule is CC/C=C\C/C=C\C/C=C\C/C=C\C/C=C\C/C=C\CCCCCCCCC(=O)OCC(COC(=O)CCCCCCCCC)OC(=O)CCCCCCCCCCCCCCCCCCCCCCCC. The minimum atomic E-state index is -0.777. The average Bonchev–Trinajstić information content (AvgIpc) is 3.38. The topological polar surface area (TPSA) is 78.9 Å². The summed E-state index contributed by atoms with van der Waals surface area (Å²) in [5.41, 5.74) is 0. The highest BCUT2D eigenvalue weighted by molar-refractivity contribution is 5.71. The van der Waals surface area contributed by atoms with Gasteiger partial charge in [0.1, 0.15) is 13.2 Å².